The Labute approximate surface area is 97.9 Å². The van der Waals surface area contributed by atoms with Gasteiger partial charge in [0.05, 0.1) is 11.4 Å². The summed E-state index contributed by atoms with van der Waals surface area (Å²) in [5, 5.41) is 4.75. The van der Waals surface area contributed by atoms with Crippen LogP contribution in [0.15, 0.2) is 12.7 Å². The number of nitrogens with two attached hydrogens (primary N) is 1. The third kappa shape index (κ3) is 3.88. The van der Waals surface area contributed by atoms with E-state index < -0.39 is 15.3 Å². The standard InChI is InChI=1S/C11H21NO3S/c1-3-5-9(2)11(16(12,13)14)8-10-6-4-7-15-10/h3,9-11H,1,4-8H2,2H3,(H2,12,13,14)/t9-,10?,11+/m1/s1. The summed E-state index contributed by atoms with van der Waals surface area (Å²) < 4.78 is 28.5. The number of allylic oxidation sites excluding steroid dienone is 1. The van der Waals surface area contributed by atoms with E-state index in [1.54, 1.807) is 6.08 Å². The lowest BCUT2D eigenvalue weighted by Gasteiger charge is -2.23. The molecule has 0 saturated carbocycles. The second-order valence-corrected chi connectivity index (χ2v) is 6.28. The van der Waals surface area contributed by atoms with Crippen LogP contribution in [0.3, 0.4) is 0 Å². The lowest BCUT2D eigenvalue weighted by Crippen LogP contribution is -2.36. The second kappa shape index (κ2) is 5.80. The predicted octanol–water partition coefficient (Wildman–Crippen LogP) is 1.42. The predicted molar refractivity (Wildman–Crippen MR) is 64.5 cm³/mol. The van der Waals surface area contributed by atoms with E-state index in [0.717, 1.165) is 19.4 Å². The van der Waals surface area contributed by atoms with Gasteiger partial charge in [0.15, 0.2) is 0 Å². The number of sulfonamides is 1. The summed E-state index contributed by atoms with van der Waals surface area (Å²) in [6.07, 6.45) is 4.90. The second-order valence-electron chi connectivity index (χ2n) is 4.50. The Kier molecular flexibility index (Phi) is 4.95. The Morgan fingerprint density at radius 2 is 2.31 bits per heavy atom. The zero-order chi connectivity index (χ0) is 12.2. The Bertz CT molecular complexity index is 320. The van der Waals surface area contributed by atoms with Gasteiger partial charge in [-0.05, 0) is 31.6 Å². The van der Waals surface area contributed by atoms with Crippen LogP contribution in [0.1, 0.15) is 32.6 Å². The molecule has 0 spiro atoms. The van der Waals surface area contributed by atoms with Crippen molar-refractivity contribution in [2.75, 3.05) is 6.61 Å². The number of ether oxygens (including phenoxy) is 1. The average molecular weight is 247 g/mol. The Hall–Kier alpha value is -0.390. The van der Waals surface area contributed by atoms with Gasteiger partial charge in [0, 0.05) is 6.61 Å². The van der Waals surface area contributed by atoms with Gasteiger partial charge in [0.1, 0.15) is 0 Å². The van der Waals surface area contributed by atoms with Crippen molar-refractivity contribution in [3.05, 3.63) is 12.7 Å². The van der Waals surface area contributed by atoms with Crippen LogP contribution in [-0.2, 0) is 14.8 Å². The molecule has 1 saturated heterocycles. The smallest absolute Gasteiger partial charge is 0.212 e. The molecule has 0 aromatic rings. The number of rotatable bonds is 6. The molecular formula is C11H21NO3S. The molecule has 1 fully saturated rings. The van der Waals surface area contributed by atoms with E-state index in [4.69, 9.17) is 9.88 Å². The summed E-state index contributed by atoms with van der Waals surface area (Å²) in [5.74, 6) is -0.00306. The van der Waals surface area contributed by atoms with E-state index in [1.165, 1.54) is 0 Å². The molecule has 0 bridgehead atoms. The first-order valence-corrected chi connectivity index (χ1v) is 7.30. The maximum atomic E-state index is 11.5. The summed E-state index contributed by atoms with van der Waals surface area (Å²) >= 11 is 0. The molecule has 0 aliphatic carbocycles. The molecule has 5 heteroatoms. The van der Waals surface area contributed by atoms with Crippen LogP contribution in [0.25, 0.3) is 0 Å². The van der Waals surface area contributed by atoms with Crippen LogP contribution in [0, 0.1) is 5.92 Å². The van der Waals surface area contributed by atoms with E-state index >= 15 is 0 Å². The van der Waals surface area contributed by atoms with Gasteiger partial charge in [0.25, 0.3) is 0 Å². The molecule has 4 nitrogen and oxygen atoms in total. The highest BCUT2D eigenvalue weighted by molar-refractivity contribution is 7.89. The van der Waals surface area contributed by atoms with Gasteiger partial charge >= 0.3 is 0 Å². The fraction of sp³-hybridized carbons (Fsp3) is 0.818. The molecule has 3 atom stereocenters. The lowest BCUT2D eigenvalue weighted by molar-refractivity contribution is 0.0996. The number of primary sulfonamides is 1. The minimum atomic E-state index is -3.50. The van der Waals surface area contributed by atoms with E-state index in [0.29, 0.717) is 12.8 Å². The van der Waals surface area contributed by atoms with Crippen molar-refractivity contribution in [2.45, 2.75) is 44.0 Å². The minimum absolute atomic E-state index is 0.00306. The third-order valence-corrected chi connectivity index (χ3v) is 4.62. The topological polar surface area (TPSA) is 69.4 Å². The van der Waals surface area contributed by atoms with Crippen molar-refractivity contribution < 1.29 is 13.2 Å². The molecule has 0 radical (unpaired) electrons. The molecule has 2 N–H and O–H groups in total. The van der Waals surface area contributed by atoms with E-state index in [1.807, 2.05) is 6.92 Å². The van der Waals surface area contributed by atoms with E-state index in [9.17, 15) is 8.42 Å². The van der Waals surface area contributed by atoms with Gasteiger partial charge in [-0.25, -0.2) is 13.6 Å². The first-order valence-electron chi connectivity index (χ1n) is 5.69. The maximum absolute atomic E-state index is 11.5. The lowest BCUT2D eigenvalue weighted by atomic mass is 9.98. The minimum Gasteiger partial charge on any atom is -0.378 e. The van der Waals surface area contributed by atoms with Gasteiger partial charge in [-0.1, -0.05) is 13.0 Å². The van der Waals surface area contributed by atoms with Crippen molar-refractivity contribution >= 4 is 10.0 Å². The molecule has 1 unspecified atom stereocenters. The van der Waals surface area contributed by atoms with Crippen molar-refractivity contribution in [1.29, 1.82) is 0 Å². The van der Waals surface area contributed by atoms with Gasteiger partial charge < -0.3 is 4.74 Å². The first kappa shape index (κ1) is 13.7. The van der Waals surface area contributed by atoms with Crippen LogP contribution in [-0.4, -0.2) is 26.4 Å². The molecule has 0 amide bonds. The highest BCUT2D eigenvalue weighted by atomic mass is 32.2. The zero-order valence-corrected chi connectivity index (χ0v) is 10.6. The number of hydrogen-bond acceptors (Lipinski definition) is 3. The first-order chi connectivity index (χ1) is 7.45. The van der Waals surface area contributed by atoms with Gasteiger partial charge in [-0.2, -0.15) is 0 Å². The van der Waals surface area contributed by atoms with Crippen LogP contribution in [0.4, 0.5) is 0 Å². The summed E-state index contributed by atoms with van der Waals surface area (Å²) in [6.45, 7) is 6.26. The Morgan fingerprint density at radius 1 is 1.62 bits per heavy atom. The summed E-state index contributed by atoms with van der Waals surface area (Å²) in [5.41, 5.74) is 0. The molecule has 0 aromatic carbocycles. The zero-order valence-electron chi connectivity index (χ0n) is 9.76. The largest absolute Gasteiger partial charge is 0.378 e. The summed E-state index contributed by atoms with van der Waals surface area (Å²) in [4.78, 5) is 0. The van der Waals surface area contributed by atoms with Gasteiger partial charge in [-0.15, -0.1) is 6.58 Å². The van der Waals surface area contributed by atoms with E-state index in [-0.39, 0.29) is 12.0 Å². The van der Waals surface area contributed by atoms with Crippen molar-refractivity contribution in [3.8, 4) is 0 Å². The molecular weight excluding hydrogens is 226 g/mol. The van der Waals surface area contributed by atoms with E-state index in [2.05, 4.69) is 6.58 Å². The quantitative estimate of drug-likeness (QED) is 0.722. The summed E-state index contributed by atoms with van der Waals surface area (Å²) in [7, 11) is -3.50. The Balaban J connectivity index is 2.66. The van der Waals surface area contributed by atoms with Crippen molar-refractivity contribution in [3.63, 3.8) is 0 Å². The van der Waals surface area contributed by atoms with Crippen LogP contribution >= 0.6 is 0 Å². The molecule has 94 valence electrons. The highest BCUT2D eigenvalue weighted by Gasteiger charge is 2.31. The fourth-order valence-electron chi connectivity index (χ4n) is 2.19. The molecule has 1 rings (SSSR count). The van der Waals surface area contributed by atoms with Gasteiger partial charge in [-0.3, -0.25) is 0 Å². The maximum Gasteiger partial charge on any atom is 0.212 e. The monoisotopic (exact) mass is 247 g/mol. The molecule has 16 heavy (non-hydrogen) atoms. The average Bonchev–Trinajstić information content (AvgIpc) is 2.64. The normalized spacial score (nSPS) is 25.2. The molecule has 1 aliphatic heterocycles. The SMILES string of the molecule is C=CC[C@@H](C)[C@H](CC1CCCO1)S(N)(=O)=O. The van der Waals surface area contributed by atoms with Gasteiger partial charge in [0.2, 0.25) is 10.0 Å². The van der Waals surface area contributed by atoms with Crippen molar-refractivity contribution in [2.24, 2.45) is 11.1 Å². The third-order valence-electron chi connectivity index (χ3n) is 3.11. The van der Waals surface area contributed by atoms with Crippen LogP contribution in [0.2, 0.25) is 0 Å². The molecule has 0 aromatic heterocycles. The molecule has 1 heterocycles. The highest BCUT2D eigenvalue weighted by Crippen LogP contribution is 2.25. The van der Waals surface area contributed by atoms with Crippen molar-refractivity contribution in [1.82, 2.24) is 0 Å². The Morgan fingerprint density at radius 3 is 2.75 bits per heavy atom. The fourth-order valence-corrected chi connectivity index (χ4v) is 3.44. The van der Waals surface area contributed by atoms with Crippen LogP contribution in [0.5, 0.6) is 0 Å². The number of hydrogen-bond donors (Lipinski definition) is 1. The summed E-state index contributed by atoms with van der Waals surface area (Å²) in [6, 6.07) is 0. The molecule has 1 aliphatic rings. The van der Waals surface area contributed by atoms with Crippen LogP contribution < -0.4 is 5.14 Å².